The molecule has 0 heterocycles. The first-order valence-corrected chi connectivity index (χ1v) is 15.3. The Morgan fingerprint density at radius 2 is 1.29 bits per heavy atom. The molecule has 0 bridgehead atoms. The van der Waals surface area contributed by atoms with Crippen molar-refractivity contribution in [3.63, 3.8) is 0 Å². The number of benzene rings is 5. The molecule has 5 aromatic rings. The number of rotatable bonds is 3. The third-order valence-corrected chi connectivity index (χ3v) is 10.1. The van der Waals surface area contributed by atoms with Gasteiger partial charge in [-0.1, -0.05) is 0 Å². The molecule has 205 valence electrons. The maximum atomic E-state index is 2.50. The van der Waals surface area contributed by atoms with Gasteiger partial charge in [0.25, 0.3) is 0 Å². The summed E-state index contributed by atoms with van der Waals surface area (Å²) in [6, 6.07) is 38.2. The van der Waals surface area contributed by atoms with E-state index in [2.05, 4.69) is 137 Å². The van der Waals surface area contributed by atoms with E-state index in [0.717, 1.165) is 0 Å². The summed E-state index contributed by atoms with van der Waals surface area (Å²) >= 11 is 1.47. The van der Waals surface area contributed by atoms with Crippen molar-refractivity contribution in [2.24, 2.45) is 0 Å². The molecule has 2 aliphatic carbocycles. The predicted molar refractivity (Wildman–Crippen MR) is 164 cm³/mol. The molecular weight excluding hydrogens is 631 g/mol. The maximum Gasteiger partial charge on any atom is -1.00 e. The molecular formula is C39H31Cl2Zr. The Labute approximate surface area is 276 Å². The summed E-state index contributed by atoms with van der Waals surface area (Å²) < 4.78 is 1.49. The molecule has 1 unspecified atom stereocenters. The van der Waals surface area contributed by atoms with Gasteiger partial charge >= 0.3 is 254 Å². The van der Waals surface area contributed by atoms with Crippen LogP contribution in [0.25, 0.3) is 26.1 Å². The molecule has 5 aromatic carbocycles. The van der Waals surface area contributed by atoms with E-state index in [1.165, 1.54) is 111 Å². The molecule has 0 fully saturated rings. The summed E-state index contributed by atoms with van der Waals surface area (Å²) in [4.78, 5) is 0. The smallest absolute Gasteiger partial charge is 1.00 e. The SMILES string of the molecule is CC1=Cc2c(C)cccc2C1c1c(C)c(=C(c2ccccc2)c2ccccc2)cc2c1=[C]([Zr+2])c1cc(C)ccc1-2.[Cl-].[Cl-]. The third-order valence-electron chi connectivity index (χ3n) is 8.80. The van der Waals surface area contributed by atoms with Crippen molar-refractivity contribution in [2.45, 2.75) is 33.6 Å². The number of hydrogen-bond acceptors (Lipinski definition) is 0. The molecule has 42 heavy (non-hydrogen) atoms. The van der Waals surface area contributed by atoms with E-state index >= 15 is 0 Å². The Kier molecular flexibility index (Phi) is 8.69. The number of fused-ring (bicyclic) bond motifs is 4. The molecule has 0 aliphatic heterocycles. The molecule has 7 rings (SSSR count). The number of hydrogen-bond donors (Lipinski definition) is 0. The third kappa shape index (κ3) is 4.81. The van der Waals surface area contributed by atoms with Crippen LogP contribution in [0.15, 0.2) is 109 Å². The Morgan fingerprint density at radius 3 is 1.93 bits per heavy atom. The summed E-state index contributed by atoms with van der Waals surface area (Å²) in [6.45, 7) is 9.16. The Balaban J connectivity index is 0.00000176. The first kappa shape index (κ1) is 30.5. The first-order valence-electron chi connectivity index (χ1n) is 14.1. The summed E-state index contributed by atoms with van der Waals surface area (Å²) in [6.07, 6.45) is 2.43. The van der Waals surface area contributed by atoms with Crippen LogP contribution in [-0.4, -0.2) is 0 Å². The molecule has 0 radical (unpaired) electrons. The molecule has 0 amide bonds. The number of halogens is 2. The van der Waals surface area contributed by atoms with Gasteiger partial charge in [0.15, 0.2) is 0 Å². The summed E-state index contributed by atoms with van der Waals surface area (Å²) in [5.74, 6) is 0.252. The van der Waals surface area contributed by atoms with E-state index in [0.29, 0.717) is 0 Å². The van der Waals surface area contributed by atoms with Crippen molar-refractivity contribution >= 4 is 14.9 Å². The quantitative estimate of drug-likeness (QED) is 0.278. The van der Waals surface area contributed by atoms with Crippen LogP contribution >= 0.6 is 0 Å². The summed E-state index contributed by atoms with van der Waals surface area (Å²) in [7, 11) is 0. The van der Waals surface area contributed by atoms with Gasteiger partial charge in [-0.3, -0.25) is 0 Å². The van der Waals surface area contributed by atoms with E-state index < -0.39 is 0 Å². The number of allylic oxidation sites excluding steroid dienone is 1. The van der Waals surface area contributed by atoms with Gasteiger partial charge < -0.3 is 24.8 Å². The molecule has 0 saturated carbocycles. The van der Waals surface area contributed by atoms with Gasteiger partial charge in [-0.25, -0.2) is 0 Å². The molecule has 0 spiro atoms. The largest absolute Gasteiger partial charge is 1.00 e. The van der Waals surface area contributed by atoms with E-state index in [-0.39, 0.29) is 30.7 Å². The Morgan fingerprint density at radius 1 is 0.643 bits per heavy atom. The Hall–Kier alpha value is -2.96. The molecule has 1 atom stereocenters. The van der Waals surface area contributed by atoms with Crippen molar-refractivity contribution in [3.8, 4) is 11.1 Å². The van der Waals surface area contributed by atoms with Gasteiger partial charge in [-0.05, 0) is 0 Å². The van der Waals surface area contributed by atoms with Crippen LogP contribution in [0.5, 0.6) is 0 Å². The van der Waals surface area contributed by atoms with Gasteiger partial charge in [0.05, 0.1) is 0 Å². The minimum atomic E-state index is 0. The fraction of sp³-hybridized carbons (Fsp3) is 0.128. The van der Waals surface area contributed by atoms with E-state index in [9.17, 15) is 0 Å². The molecule has 0 saturated heterocycles. The fourth-order valence-corrected chi connectivity index (χ4v) is 8.09. The molecule has 3 heteroatoms. The molecule has 0 aromatic heterocycles. The van der Waals surface area contributed by atoms with Gasteiger partial charge in [0, 0.05) is 0 Å². The molecule has 0 nitrogen and oxygen atoms in total. The van der Waals surface area contributed by atoms with E-state index in [1.807, 2.05) is 0 Å². The predicted octanol–water partition coefficient (Wildman–Crippen LogP) is 2.10. The number of aryl methyl sites for hydroxylation is 2. The van der Waals surface area contributed by atoms with Crippen molar-refractivity contribution in [1.82, 2.24) is 0 Å². The van der Waals surface area contributed by atoms with Crippen molar-refractivity contribution in [1.29, 1.82) is 0 Å². The maximum absolute atomic E-state index is 2.50. The standard InChI is InChI=1S/C39H31.2ClH.Zr/c1-24-18-19-31-30(20-24)22-36-35(31)23-34(39(28-13-7-5-8-14-28)29-15-9-6-10-16-29)27(4)38(36)37-26(3)21-33-25(2)12-11-17-32(33)37;;;/h5-21,23,37H,1-4H3;2*1H;/q;;;+2/p-2. The van der Waals surface area contributed by atoms with Gasteiger partial charge in [0.2, 0.25) is 0 Å². The zero-order valence-electron chi connectivity index (χ0n) is 24.2. The van der Waals surface area contributed by atoms with Crippen LogP contribution < -0.4 is 35.3 Å². The minimum absolute atomic E-state index is 0. The van der Waals surface area contributed by atoms with Crippen molar-refractivity contribution in [3.05, 3.63) is 169 Å². The second-order valence-corrected chi connectivity index (χ2v) is 12.5. The average Bonchev–Trinajstić information content (AvgIpc) is 3.44. The monoisotopic (exact) mass is 659 g/mol. The van der Waals surface area contributed by atoms with Crippen LogP contribution in [0.2, 0.25) is 0 Å². The summed E-state index contributed by atoms with van der Waals surface area (Å²) in [5, 5.41) is 2.80. The molecule has 0 N–H and O–H groups in total. The van der Waals surface area contributed by atoms with Crippen LogP contribution in [-0.2, 0) is 24.7 Å². The topological polar surface area (TPSA) is 0 Å². The minimum Gasteiger partial charge on any atom is -1.00 e. The van der Waals surface area contributed by atoms with Crippen LogP contribution in [0, 0.1) is 20.8 Å². The summed E-state index contributed by atoms with van der Waals surface area (Å²) in [5.41, 5.74) is 17.8. The second kappa shape index (κ2) is 12.0. The first-order chi connectivity index (χ1) is 19.4. The Bertz CT molecular complexity index is 1950. The van der Waals surface area contributed by atoms with Crippen LogP contribution in [0.3, 0.4) is 0 Å². The van der Waals surface area contributed by atoms with E-state index in [4.69, 9.17) is 0 Å². The zero-order chi connectivity index (χ0) is 27.5. The van der Waals surface area contributed by atoms with Crippen molar-refractivity contribution < 1.29 is 49.5 Å². The fourth-order valence-electron chi connectivity index (χ4n) is 6.92. The average molecular weight is 662 g/mol. The van der Waals surface area contributed by atoms with Crippen LogP contribution in [0.4, 0.5) is 0 Å². The van der Waals surface area contributed by atoms with Crippen molar-refractivity contribution in [2.75, 3.05) is 0 Å². The van der Waals surface area contributed by atoms with Gasteiger partial charge in [-0.15, -0.1) is 0 Å². The molecule has 2 aliphatic rings. The zero-order valence-corrected chi connectivity index (χ0v) is 28.2. The van der Waals surface area contributed by atoms with Gasteiger partial charge in [-0.2, -0.15) is 0 Å². The second-order valence-electron chi connectivity index (χ2n) is 11.3. The normalized spacial score (nSPS) is 14.3. The van der Waals surface area contributed by atoms with E-state index in [1.54, 1.807) is 0 Å². The van der Waals surface area contributed by atoms with Gasteiger partial charge in [0.1, 0.15) is 0 Å². The van der Waals surface area contributed by atoms with Crippen LogP contribution in [0.1, 0.15) is 62.9 Å².